The van der Waals surface area contributed by atoms with Crippen molar-refractivity contribution >= 4 is 21.8 Å². The molecule has 0 radical (unpaired) electrons. The van der Waals surface area contributed by atoms with Crippen molar-refractivity contribution in [2.75, 3.05) is 0 Å². The van der Waals surface area contributed by atoms with Crippen LogP contribution in [0.5, 0.6) is 0 Å². The summed E-state index contributed by atoms with van der Waals surface area (Å²) in [5.41, 5.74) is 1.17. The minimum absolute atomic E-state index is 0.104. The number of rotatable bonds is 5. The van der Waals surface area contributed by atoms with Crippen LogP contribution in [-0.2, 0) is 12.4 Å². The molecule has 0 saturated carbocycles. The molecule has 5 nitrogen and oxygen atoms in total. The van der Waals surface area contributed by atoms with Gasteiger partial charge < -0.3 is 4.57 Å². The molecule has 0 unspecified atom stereocenters. The predicted octanol–water partition coefficient (Wildman–Crippen LogP) is 11.5. The van der Waals surface area contributed by atoms with Crippen molar-refractivity contribution in [1.29, 1.82) is 5.26 Å². The van der Waals surface area contributed by atoms with Gasteiger partial charge in [0.2, 0.25) is 0 Å². The molecule has 0 spiro atoms. The first-order chi connectivity index (χ1) is 25.5. The third-order valence-electron chi connectivity index (χ3n) is 8.96. The Hall–Kier alpha value is -6.80. The van der Waals surface area contributed by atoms with Gasteiger partial charge in [0.1, 0.15) is 0 Å². The van der Waals surface area contributed by atoms with Crippen molar-refractivity contribution in [2.45, 2.75) is 12.4 Å². The largest absolute Gasteiger partial charge is 0.417 e. The van der Waals surface area contributed by atoms with Crippen LogP contribution in [0, 0.1) is 11.3 Å². The summed E-state index contributed by atoms with van der Waals surface area (Å²) >= 11 is 0. The number of fused-ring (bicyclic) bond motifs is 3. The van der Waals surface area contributed by atoms with Gasteiger partial charge in [-0.15, -0.1) is 0 Å². The lowest BCUT2D eigenvalue weighted by Crippen LogP contribution is -2.12. The van der Waals surface area contributed by atoms with E-state index in [0.717, 1.165) is 17.2 Å². The smallest absolute Gasteiger partial charge is 0.309 e. The molecule has 0 aliphatic carbocycles. The Kier molecular flexibility index (Phi) is 8.03. The molecule has 0 aliphatic heterocycles. The summed E-state index contributed by atoms with van der Waals surface area (Å²) < 4.78 is 84.4. The van der Waals surface area contributed by atoms with Gasteiger partial charge in [0.15, 0.2) is 17.5 Å². The van der Waals surface area contributed by atoms with Gasteiger partial charge in [-0.25, -0.2) is 15.0 Å². The van der Waals surface area contributed by atoms with E-state index in [9.17, 15) is 31.6 Å². The molecule has 0 saturated heterocycles. The fourth-order valence-corrected chi connectivity index (χ4v) is 6.51. The van der Waals surface area contributed by atoms with E-state index in [4.69, 9.17) is 15.0 Å². The van der Waals surface area contributed by atoms with E-state index < -0.39 is 23.5 Å². The first kappa shape index (κ1) is 33.3. The molecular weight excluding hydrogens is 688 g/mol. The van der Waals surface area contributed by atoms with Crippen LogP contribution in [0.4, 0.5) is 26.3 Å². The van der Waals surface area contributed by atoms with E-state index in [-0.39, 0.29) is 22.8 Å². The summed E-state index contributed by atoms with van der Waals surface area (Å²) in [7, 11) is 0. The maximum absolute atomic E-state index is 14.1. The average Bonchev–Trinajstić information content (AvgIpc) is 3.51. The molecule has 0 fully saturated rings. The van der Waals surface area contributed by atoms with Crippen LogP contribution in [0.2, 0.25) is 0 Å². The van der Waals surface area contributed by atoms with Gasteiger partial charge in [0.05, 0.1) is 33.8 Å². The Morgan fingerprint density at radius 3 is 1.70 bits per heavy atom. The van der Waals surface area contributed by atoms with E-state index in [0.29, 0.717) is 56.6 Å². The predicted molar refractivity (Wildman–Crippen MR) is 191 cm³/mol. The second-order valence-electron chi connectivity index (χ2n) is 12.2. The lowest BCUT2D eigenvalue weighted by molar-refractivity contribution is -0.142. The van der Waals surface area contributed by atoms with Crippen LogP contribution in [-0.4, -0.2) is 19.5 Å². The molecule has 0 aliphatic rings. The van der Waals surface area contributed by atoms with E-state index in [1.165, 1.54) is 6.07 Å². The number of aromatic nitrogens is 4. The fourth-order valence-electron chi connectivity index (χ4n) is 6.51. The Labute approximate surface area is 298 Å². The van der Waals surface area contributed by atoms with E-state index in [1.807, 2.05) is 89.5 Å². The van der Waals surface area contributed by atoms with Gasteiger partial charge in [-0.2, -0.15) is 31.6 Å². The lowest BCUT2D eigenvalue weighted by atomic mass is 9.95. The number of hydrogen-bond acceptors (Lipinski definition) is 4. The third-order valence-corrected chi connectivity index (χ3v) is 8.96. The number of halogens is 6. The molecule has 258 valence electrons. The first-order valence-electron chi connectivity index (χ1n) is 16.2. The highest BCUT2D eigenvalue weighted by Crippen LogP contribution is 2.43. The summed E-state index contributed by atoms with van der Waals surface area (Å²) in [5, 5.41) is 11.7. The van der Waals surface area contributed by atoms with Crippen LogP contribution in [0.25, 0.3) is 72.8 Å². The van der Waals surface area contributed by atoms with Gasteiger partial charge >= 0.3 is 12.4 Å². The molecule has 0 atom stereocenters. The van der Waals surface area contributed by atoms with E-state index in [2.05, 4.69) is 6.07 Å². The van der Waals surface area contributed by atoms with Crippen LogP contribution in [0.1, 0.15) is 16.7 Å². The molecule has 2 heterocycles. The van der Waals surface area contributed by atoms with Crippen LogP contribution >= 0.6 is 0 Å². The number of nitriles is 1. The van der Waals surface area contributed by atoms with Crippen molar-refractivity contribution in [3.8, 4) is 57.0 Å². The molecule has 0 bridgehead atoms. The van der Waals surface area contributed by atoms with Crippen molar-refractivity contribution in [1.82, 2.24) is 19.5 Å². The SMILES string of the molecule is N#Cc1cc(-n2c3ccccc3c3cc(-c4ccc(C(F)(F)F)cc4C(F)(F)F)ccc32)ccc1-c1nc(-c2ccccc2)nc(-c2ccccc2)n1. The fraction of sp³-hybridized carbons (Fsp3) is 0.0476. The summed E-state index contributed by atoms with van der Waals surface area (Å²) in [4.78, 5) is 14.2. The van der Waals surface area contributed by atoms with Gasteiger partial charge in [-0.3, -0.25) is 0 Å². The van der Waals surface area contributed by atoms with E-state index >= 15 is 0 Å². The average molecular weight is 712 g/mol. The topological polar surface area (TPSA) is 67.4 Å². The Bertz CT molecular complexity index is 2650. The van der Waals surface area contributed by atoms with Gasteiger partial charge in [-0.05, 0) is 59.7 Å². The highest BCUT2D eigenvalue weighted by Gasteiger charge is 2.38. The molecule has 8 aromatic rings. The van der Waals surface area contributed by atoms with Crippen molar-refractivity contribution in [2.24, 2.45) is 0 Å². The zero-order valence-electron chi connectivity index (χ0n) is 27.3. The summed E-state index contributed by atoms with van der Waals surface area (Å²) in [6.45, 7) is 0. The van der Waals surface area contributed by atoms with Crippen LogP contribution in [0.15, 0.2) is 140 Å². The molecule has 2 aromatic heterocycles. The molecular formula is C42H23F6N5. The Morgan fingerprint density at radius 1 is 0.491 bits per heavy atom. The quantitative estimate of drug-likeness (QED) is 0.167. The highest BCUT2D eigenvalue weighted by molar-refractivity contribution is 6.10. The molecule has 0 N–H and O–H groups in total. The highest BCUT2D eigenvalue weighted by atomic mass is 19.4. The zero-order chi connectivity index (χ0) is 36.9. The standard InChI is InChI=1S/C42H23F6N5/c43-41(44,45)29-16-18-31(35(23-29)42(46,47)48)27-15-20-37-34(22-27)33-13-7-8-14-36(33)53(37)30-17-19-32(28(21-30)24-49)40-51-38(25-9-3-1-4-10-25)50-39(52-40)26-11-5-2-6-12-26/h1-23H. The summed E-state index contributed by atoms with van der Waals surface area (Å²) in [6.07, 6.45) is -9.97. The molecule has 6 aromatic carbocycles. The Morgan fingerprint density at radius 2 is 1.08 bits per heavy atom. The number of para-hydroxylation sites is 1. The minimum Gasteiger partial charge on any atom is -0.309 e. The number of hydrogen-bond donors (Lipinski definition) is 0. The molecule has 53 heavy (non-hydrogen) atoms. The van der Waals surface area contributed by atoms with E-state index in [1.54, 1.807) is 30.3 Å². The second kappa shape index (κ2) is 12.8. The lowest BCUT2D eigenvalue weighted by Gasteiger charge is -2.16. The van der Waals surface area contributed by atoms with Gasteiger partial charge in [-0.1, -0.05) is 91.0 Å². The minimum atomic E-state index is -5.03. The van der Waals surface area contributed by atoms with Crippen molar-refractivity contribution < 1.29 is 26.3 Å². The second-order valence-corrected chi connectivity index (χ2v) is 12.2. The van der Waals surface area contributed by atoms with Crippen molar-refractivity contribution in [3.63, 3.8) is 0 Å². The Balaban J connectivity index is 1.28. The summed E-state index contributed by atoms with van der Waals surface area (Å²) in [5.74, 6) is 1.16. The molecule has 11 heteroatoms. The van der Waals surface area contributed by atoms with Crippen molar-refractivity contribution in [3.05, 3.63) is 156 Å². The third kappa shape index (κ3) is 6.14. The monoisotopic (exact) mass is 711 g/mol. The normalized spacial score (nSPS) is 11.9. The maximum Gasteiger partial charge on any atom is 0.417 e. The number of nitrogens with zero attached hydrogens (tertiary/aromatic N) is 5. The first-order valence-corrected chi connectivity index (χ1v) is 16.2. The maximum atomic E-state index is 14.1. The zero-order valence-corrected chi connectivity index (χ0v) is 27.3. The number of alkyl halides is 6. The van der Waals surface area contributed by atoms with Gasteiger partial charge in [0, 0.05) is 33.2 Å². The molecule has 0 amide bonds. The molecule has 8 rings (SSSR count). The number of benzene rings is 6. The van der Waals surface area contributed by atoms with Crippen LogP contribution in [0.3, 0.4) is 0 Å². The summed E-state index contributed by atoms with van der Waals surface area (Å²) in [6, 6.07) is 39.9. The van der Waals surface area contributed by atoms with Gasteiger partial charge in [0.25, 0.3) is 0 Å². The van der Waals surface area contributed by atoms with Crippen LogP contribution < -0.4 is 0 Å².